The van der Waals surface area contributed by atoms with Crippen molar-refractivity contribution < 1.29 is 13.6 Å². The highest BCUT2D eigenvalue weighted by Crippen LogP contribution is 2.44. The van der Waals surface area contributed by atoms with E-state index in [2.05, 4.69) is 29.2 Å². The van der Waals surface area contributed by atoms with Crippen LogP contribution in [-0.2, 0) is 24.7 Å². The van der Waals surface area contributed by atoms with Crippen LogP contribution in [0.15, 0.2) is 42.7 Å². The summed E-state index contributed by atoms with van der Waals surface area (Å²) in [7, 11) is 1.79. The van der Waals surface area contributed by atoms with E-state index in [1.165, 1.54) is 0 Å². The summed E-state index contributed by atoms with van der Waals surface area (Å²) in [5.41, 5.74) is 6.03. The summed E-state index contributed by atoms with van der Waals surface area (Å²) in [6.07, 6.45) is 2.88. The van der Waals surface area contributed by atoms with Crippen molar-refractivity contribution in [2.45, 2.75) is 39.5 Å². The van der Waals surface area contributed by atoms with E-state index >= 15 is 0 Å². The second-order valence-corrected chi connectivity index (χ2v) is 9.56. The second kappa shape index (κ2) is 8.28. The van der Waals surface area contributed by atoms with Crippen LogP contribution in [0.25, 0.3) is 11.1 Å². The summed E-state index contributed by atoms with van der Waals surface area (Å²) in [5, 5.41) is 7.22. The Bertz CT molecular complexity index is 1220. The highest BCUT2D eigenvalue weighted by atomic mass is 19.3. The number of nitrogens with one attached hydrogen (secondary N) is 1. The molecule has 0 radical (unpaired) electrons. The molecule has 5 nitrogen and oxygen atoms in total. The lowest BCUT2D eigenvalue weighted by Crippen LogP contribution is -2.31. The average Bonchev–Trinajstić information content (AvgIpc) is 3.12. The molecule has 0 unspecified atom stereocenters. The molecule has 0 fully saturated rings. The number of fused-ring (bicyclic) bond motifs is 2. The minimum Gasteiger partial charge on any atom is -0.341 e. The quantitative estimate of drug-likeness (QED) is 0.543. The Morgan fingerprint density at radius 3 is 2.64 bits per heavy atom. The minimum absolute atomic E-state index is 0.0185. The van der Waals surface area contributed by atoms with Crippen molar-refractivity contribution in [2.24, 2.45) is 18.9 Å². The van der Waals surface area contributed by atoms with E-state index in [-0.39, 0.29) is 17.4 Å². The van der Waals surface area contributed by atoms with Crippen molar-refractivity contribution in [2.75, 3.05) is 16.8 Å². The van der Waals surface area contributed by atoms with Gasteiger partial charge >= 0.3 is 0 Å². The van der Waals surface area contributed by atoms with Gasteiger partial charge in [-0.3, -0.25) is 9.48 Å². The number of nitrogens with zero attached hydrogens (tertiary/aromatic N) is 3. The molecule has 2 aliphatic rings. The first-order valence-corrected chi connectivity index (χ1v) is 11.4. The summed E-state index contributed by atoms with van der Waals surface area (Å²) >= 11 is 0. The Labute approximate surface area is 192 Å². The van der Waals surface area contributed by atoms with Gasteiger partial charge < -0.3 is 10.2 Å². The van der Waals surface area contributed by atoms with Gasteiger partial charge in [0.05, 0.1) is 6.20 Å². The maximum atomic E-state index is 14.2. The summed E-state index contributed by atoms with van der Waals surface area (Å²) in [6.45, 7) is 5.00. The maximum absolute atomic E-state index is 14.2. The monoisotopic (exact) mass is 450 g/mol. The molecular weight excluding hydrogens is 422 g/mol. The van der Waals surface area contributed by atoms with Crippen molar-refractivity contribution in [1.29, 1.82) is 0 Å². The average molecular weight is 451 g/mol. The van der Waals surface area contributed by atoms with Gasteiger partial charge in [-0.05, 0) is 65.6 Å². The third kappa shape index (κ3) is 4.01. The molecule has 2 aliphatic heterocycles. The third-order valence-electron chi connectivity index (χ3n) is 6.66. The van der Waals surface area contributed by atoms with Gasteiger partial charge in [0.15, 0.2) is 0 Å². The molecule has 0 aliphatic carbocycles. The fourth-order valence-corrected chi connectivity index (χ4v) is 5.23. The van der Waals surface area contributed by atoms with Crippen LogP contribution in [0.2, 0.25) is 0 Å². The molecule has 0 bridgehead atoms. The van der Waals surface area contributed by atoms with Crippen molar-refractivity contribution in [3.8, 4) is 11.1 Å². The number of amides is 1. The van der Waals surface area contributed by atoms with Gasteiger partial charge in [0.2, 0.25) is 5.91 Å². The van der Waals surface area contributed by atoms with Crippen LogP contribution in [-0.4, -0.2) is 22.2 Å². The topological polar surface area (TPSA) is 50.2 Å². The smallest absolute Gasteiger partial charge is 0.264 e. The molecule has 3 aromatic rings. The van der Waals surface area contributed by atoms with Crippen LogP contribution >= 0.6 is 0 Å². The molecule has 172 valence electrons. The first-order chi connectivity index (χ1) is 15.8. The highest BCUT2D eigenvalue weighted by Gasteiger charge is 2.30. The number of alkyl halides is 2. The molecule has 5 rings (SSSR count). The SMILES string of the molecule is C[C@@H]1CC(=O)Nc2cccc(N3C[C@H](C)Cc4cc(-c5cnn(C)c5)c(C(F)F)cc43)c2C1. The third-order valence-corrected chi connectivity index (χ3v) is 6.66. The van der Waals surface area contributed by atoms with Gasteiger partial charge in [-0.15, -0.1) is 0 Å². The molecule has 2 aromatic carbocycles. The lowest BCUT2D eigenvalue weighted by Gasteiger charge is -2.37. The standard InChI is InChI=1S/C26H28F2N4O/c1-15-8-21-22(30-25(33)9-15)5-4-6-23(21)32-13-16(2)7-17-10-19(18-12-29-31(3)14-18)20(26(27)28)11-24(17)32/h4-6,10-12,14-16,26H,7-9,13H2,1-3H3,(H,30,33)/t15-,16+/m0/s1. The molecule has 2 atom stereocenters. The van der Waals surface area contributed by atoms with Gasteiger partial charge in [-0.25, -0.2) is 8.78 Å². The van der Waals surface area contributed by atoms with Crippen LogP contribution in [0.5, 0.6) is 0 Å². The number of benzene rings is 2. The number of aromatic nitrogens is 2. The highest BCUT2D eigenvalue weighted by molar-refractivity contribution is 5.94. The number of halogens is 2. The minimum atomic E-state index is -2.60. The molecule has 7 heteroatoms. The number of hydrogen-bond donors (Lipinski definition) is 1. The summed E-state index contributed by atoms with van der Waals surface area (Å²) in [5.74, 6) is 0.580. The Kier molecular flexibility index (Phi) is 5.43. The number of anilines is 3. The van der Waals surface area contributed by atoms with Gasteiger partial charge in [0, 0.05) is 54.4 Å². The van der Waals surface area contributed by atoms with Crippen molar-refractivity contribution >= 4 is 23.0 Å². The number of aryl methyl sites for hydroxylation is 1. The molecule has 0 saturated heterocycles. The van der Waals surface area contributed by atoms with E-state index in [4.69, 9.17) is 0 Å². The van der Waals surface area contributed by atoms with E-state index in [1.807, 2.05) is 24.3 Å². The molecule has 1 N–H and O–H groups in total. The van der Waals surface area contributed by atoms with E-state index in [0.29, 0.717) is 23.5 Å². The number of rotatable bonds is 3. The number of carbonyl (C=O) groups excluding carboxylic acids is 1. The number of carbonyl (C=O) groups is 1. The predicted molar refractivity (Wildman–Crippen MR) is 126 cm³/mol. The Hall–Kier alpha value is -3.22. The molecule has 1 amide bonds. The first kappa shape index (κ1) is 21.6. The lowest BCUT2D eigenvalue weighted by atomic mass is 9.88. The van der Waals surface area contributed by atoms with E-state index < -0.39 is 6.43 Å². The lowest BCUT2D eigenvalue weighted by molar-refractivity contribution is -0.116. The molecule has 1 aromatic heterocycles. The van der Waals surface area contributed by atoms with Crippen LogP contribution in [0.1, 0.15) is 43.4 Å². The van der Waals surface area contributed by atoms with Crippen molar-refractivity contribution in [1.82, 2.24) is 9.78 Å². The summed E-state index contributed by atoms with van der Waals surface area (Å²) in [6, 6.07) is 9.48. The largest absolute Gasteiger partial charge is 0.341 e. The number of hydrogen-bond acceptors (Lipinski definition) is 3. The van der Waals surface area contributed by atoms with Gasteiger partial charge in [-0.1, -0.05) is 19.9 Å². The van der Waals surface area contributed by atoms with Crippen LogP contribution in [0, 0.1) is 11.8 Å². The van der Waals surface area contributed by atoms with Gasteiger partial charge in [-0.2, -0.15) is 5.10 Å². The Balaban J connectivity index is 1.67. The van der Waals surface area contributed by atoms with Gasteiger partial charge in [0.1, 0.15) is 0 Å². The van der Waals surface area contributed by atoms with Gasteiger partial charge in [0.25, 0.3) is 6.43 Å². The maximum Gasteiger partial charge on any atom is 0.264 e. The Morgan fingerprint density at radius 2 is 1.91 bits per heavy atom. The zero-order valence-corrected chi connectivity index (χ0v) is 19.1. The van der Waals surface area contributed by atoms with Crippen LogP contribution in [0.3, 0.4) is 0 Å². The zero-order valence-electron chi connectivity index (χ0n) is 19.1. The Morgan fingerprint density at radius 1 is 1.09 bits per heavy atom. The first-order valence-electron chi connectivity index (χ1n) is 11.4. The fraction of sp³-hybridized carbons (Fsp3) is 0.385. The molecule has 3 heterocycles. The van der Waals surface area contributed by atoms with Crippen molar-refractivity contribution in [3.63, 3.8) is 0 Å². The predicted octanol–water partition coefficient (Wildman–Crippen LogP) is 5.88. The van der Waals surface area contributed by atoms with E-state index in [1.54, 1.807) is 30.2 Å². The summed E-state index contributed by atoms with van der Waals surface area (Å²) < 4.78 is 30.1. The van der Waals surface area contributed by atoms with Crippen LogP contribution < -0.4 is 10.2 Å². The zero-order chi connectivity index (χ0) is 23.3. The van der Waals surface area contributed by atoms with E-state index in [0.717, 1.165) is 47.6 Å². The molecule has 0 saturated carbocycles. The fourth-order valence-electron chi connectivity index (χ4n) is 5.23. The molecule has 0 spiro atoms. The normalized spacial score (nSPS) is 20.3. The second-order valence-electron chi connectivity index (χ2n) is 9.56. The van der Waals surface area contributed by atoms with Crippen molar-refractivity contribution in [3.05, 3.63) is 59.4 Å². The molecule has 33 heavy (non-hydrogen) atoms. The van der Waals surface area contributed by atoms with Crippen LogP contribution in [0.4, 0.5) is 25.8 Å². The molecular formula is C26H28F2N4O. The summed E-state index contributed by atoms with van der Waals surface area (Å²) in [4.78, 5) is 14.4. The van der Waals surface area contributed by atoms with E-state index in [9.17, 15) is 13.6 Å².